The van der Waals surface area contributed by atoms with E-state index in [0.29, 0.717) is 5.82 Å². The second kappa shape index (κ2) is 6.42. The monoisotopic (exact) mass is 343 g/mol. The van der Waals surface area contributed by atoms with E-state index in [4.69, 9.17) is 9.63 Å². The van der Waals surface area contributed by atoms with Crippen molar-refractivity contribution in [3.05, 3.63) is 40.8 Å². The van der Waals surface area contributed by atoms with Crippen molar-refractivity contribution in [3.63, 3.8) is 0 Å². The van der Waals surface area contributed by atoms with Crippen LogP contribution in [0.15, 0.2) is 21.6 Å². The highest BCUT2D eigenvalue weighted by Crippen LogP contribution is 2.19. The number of aryl methyl sites for hydroxylation is 1. The van der Waals surface area contributed by atoms with E-state index in [-0.39, 0.29) is 24.4 Å². The van der Waals surface area contributed by atoms with Crippen LogP contribution < -0.4 is 4.72 Å². The molecule has 1 aromatic carbocycles. The molecule has 0 aliphatic heterocycles. The highest BCUT2D eigenvalue weighted by atomic mass is 32.2. The Kier molecular flexibility index (Phi) is 4.76. The minimum absolute atomic E-state index is 0.0537. The van der Waals surface area contributed by atoms with Crippen LogP contribution in [-0.4, -0.2) is 36.2 Å². The van der Waals surface area contributed by atoms with Gasteiger partial charge < -0.3 is 9.63 Å². The van der Waals surface area contributed by atoms with Crippen LogP contribution in [0.3, 0.4) is 0 Å². The first-order valence-electron chi connectivity index (χ1n) is 6.53. The molecule has 0 radical (unpaired) electrons. The summed E-state index contributed by atoms with van der Waals surface area (Å²) < 4.78 is 45.1. The van der Waals surface area contributed by atoms with Gasteiger partial charge in [-0.15, -0.1) is 0 Å². The molecule has 8 nitrogen and oxygen atoms in total. The number of nitrogens with zero attached hydrogens (tertiary/aromatic N) is 2. The number of hydrogen-bond acceptors (Lipinski definition) is 6. The molecule has 124 valence electrons. The lowest BCUT2D eigenvalue weighted by Crippen LogP contribution is -2.26. The summed E-state index contributed by atoms with van der Waals surface area (Å²) in [6, 6.07) is 1.70. The predicted molar refractivity (Wildman–Crippen MR) is 76.0 cm³/mol. The van der Waals surface area contributed by atoms with E-state index in [1.165, 1.54) is 6.92 Å². The fraction of sp³-hybridized carbons (Fsp3) is 0.308. The molecule has 0 fully saturated rings. The molecule has 1 aromatic heterocycles. The van der Waals surface area contributed by atoms with Gasteiger partial charge >= 0.3 is 5.97 Å². The van der Waals surface area contributed by atoms with Gasteiger partial charge in [0, 0.05) is 13.0 Å². The third-order valence-electron chi connectivity index (χ3n) is 3.06. The Morgan fingerprint density at radius 1 is 1.39 bits per heavy atom. The molecule has 0 bridgehead atoms. The number of benzene rings is 1. The summed E-state index contributed by atoms with van der Waals surface area (Å²) in [6.45, 7) is 2.84. The van der Waals surface area contributed by atoms with Crippen LogP contribution in [0.2, 0.25) is 0 Å². The normalized spacial score (nSPS) is 11.6. The Morgan fingerprint density at radius 3 is 2.65 bits per heavy atom. The molecule has 2 aromatic rings. The Hall–Kier alpha value is -2.33. The van der Waals surface area contributed by atoms with Gasteiger partial charge in [-0.05, 0) is 31.5 Å². The van der Waals surface area contributed by atoms with Crippen LogP contribution in [0, 0.1) is 19.7 Å². The Bertz CT molecular complexity index is 847. The van der Waals surface area contributed by atoms with Gasteiger partial charge in [0.15, 0.2) is 5.82 Å². The number of carboxylic acids is 1. The molecule has 23 heavy (non-hydrogen) atoms. The molecule has 2 N–H and O–H groups in total. The van der Waals surface area contributed by atoms with Crippen molar-refractivity contribution < 1.29 is 27.2 Å². The maximum Gasteiger partial charge on any atom is 0.336 e. The maximum absolute atomic E-state index is 13.7. The Morgan fingerprint density at radius 2 is 2.09 bits per heavy atom. The highest BCUT2D eigenvalue weighted by Gasteiger charge is 2.20. The average Bonchev–Trinajstić information content (AvgIpc) is 2.86. The average molecular weight is 343 g/mol. The lowest BCUT2D eigenvalue weighted by Gasteiger charge is -2.09. The van der Waals surface area contributed by atoms with E-state index in [2.05, 4.69) is 14.9 Å². The third kappa shape index (κ3) is 3.90. The van der Waals surface area contributed by atoms with Crippen molar-refractivity contribution in [2.24, 2.45) is 0 Å². The number of sulfonamides is 1. The molecule has 2 rings (SSSR count). The first-order chi connectivity index (χ1) is 10.7. The van der Waals surface area contributed by atoms with Gasteiger partial charge in [-0.25, -0.2) is 22.3 Å². The zero-order valence-corrected chi connectivity index (χ0v) is 13.1. The second-order valence-electron chi connectivity index (χ2n) is 4.77. The minimum atomic E-state index is -4.06. The summed E-state index contributed by atoms with van der Waals surface area (Å²) in [5.41, 5.74) is -0.532. The van der Waals surface area contributed by atoms with Crippen LogP contribution in [0.4, 0.5) is 4.39 Å². The molecule has 0 spiro atoms. The number of halogens is 1. The van der Waals surface area contributed by atoms with Crippen LogP contribution in [-0.2, 0) is 16.4 Å². The smallest absolute Gasteiger partial charge is 0.336 e. The van der Waals surface area contributed by atoms with E-state index in [0.717, 1.165) is 12.1 Å². The summed E-state index contributed by atoms with van der Waals surface area (Å²) in [7, 11) is -4.06. The second-order valence-corrected chi connectivity index (χ2v) is 6.53. The van der Waals surface area contributed by atoms with Crippen LogP contribution in [0.1, 0.15) is 27.6 Å². The fourth-order valence-corrected chi connectivity index (χ4v) is 2.92. The summed E-state index contributed by atoms with van der Waals surface area (Å²) in [6.07, 6.45) is 0.153. The molecular weight excluding hydrogens is 329 g/mol. The van der Waals surface area contributed by atoms with E-state index in [9.17, 15) is 17.6 Å². The van der Waals surface area contributed by atoms with E-state index in [1.54, 1.807) is 6.92 Å². The highest BCUT2D eigenvalue weighted by molar-refractivity contribution is 7.89. The number of carboxylic acid groups (broad SMARTS) is 1. The van der Waals surface area contributed by atoms with Crippen LogP contribution in [0.25, 0.3) is 0 Å². The first kappa shape index (κ1) is 17.0. The summed E-state index contributed by atoms with van der Waals surface area (Å²) in [5.74, 6) is -1.63. The quantitative estimate of drug-likeness (QED) is 0.803. The van der Waals surface area contributed by atoms with Gasteiger partial charge in [0.2, 0.25) is 15.9 Å². The molecule has 1 heterocycles. The van der Waals surface area contributed by atoms with E-state index in [1.807, 2.05) is 0 Å². The van der Waals surface area contributed by atoms with Gasteiger partial charge in [-0.3, -0.25) is 0 Å². The van der Waals surface area contributed by atoms with Gasteiger partial charge in [-0.1, -0.05) is 5.16 Å². The molecular formula is C13H14FN3O5S. The van der Waals surface area contributed by atoms with Gasteiger partial charge in [0.05, 0.1) is 10.5 Å². The number of aromatic carboxylic acids is 1. The minimum Gasteiger partial charge on any atom is -0.478 e. The van der Waals surface area contributed by atoms with E-state index < -0.39 is 32.3 Å². The molecule has 0 saturated carbocycles. The number of hydrogen-bond donors (Lipinski definition) is 2. The molecule has 0 atom stereocenters. The molecule has 0 aliphatic rings. The molecule has 0 aliphatic carbocycles. The first-order valence-corrected chi connectivity index (χ1v) is 8.01. The zero-order valence-electron chi connectivity index (χ0n) is 12.3. The van der Waals surface area contributed by atoms with Crippen molar-refractivity contribution in [1.82, 2.24) is 14.9 Å². The fourth-order valence-electron chi connectivity index (χ4n) is 1.85. The Balaban J connectivity index is 2.17. The topological polar surface area (TPSA) is 122 Å². The number of carbonyl (C=O) groups is 1. The zero-order chi connectivity index (χ0) is 17.2. The largest absolute Gasteiger partial charge is 0.478 e. The van der Waals surface area contributed by atoms with Crippen molar-refractivity contribution in [3.8, 4) is 0 Å². The molecule has 0 amide bonds. The van der Waals surface area contributed by atoms with Crippen molar-refractivity contribution >= 4 is 16.0 Å². The van der Waals surface area contributed by atoms with Crippen molar-refractivity contribution in [1.29, 1.82) is 0 Å². The van der Waals surface area contributed by atoms with Crippen molar-refractivity contribution in [2.75, 3.05) is 6.54 Å². The number of nitrogens with one attached hydrogen (secondary N) is 1. The molecule has 10 heteroatoms. The number of rotatable bonds is 6. The standard InChI is InChI=1S/C13H14FN3O5S/c1-7-10(13(18)19)5-9(6-11(7)14)23(20,21)15-4-3-12-16-8(2)17-22-12/h5-6,15H,3-4H2,1-2H3,(H,18,19). The predicted octanol–water partition coefficient (Wildman–Crippen LogP) is 1.04. The summed E-state index contributed by atoms with van der Waals surface area (Å²) in [5, 5.41) is 12.6. The third-order valence-corrected chi connectivity index (χ3v) is 4.50. The van der Waals surface area contributed by atoms with Crippen LogP contribution in [0.5, 0.6) is 0 Å². The van der Waals surface area contributed by atoms with Gasteiger partial charge in [0.1, 0.15) is 5.82 Å². The summed E-state index contributed by atoms with van der Waals surface area (Å²) in [4.78, 5) is 14.5. The van der Waals surface area contributed by atoms with Gasteiger partial charge in [-0.2, -0.15) is 4.98 Å². The maximum atomic E-state index is 13.7. The lowest BCUT2D eigenvalue weighted by molar-refractivity contribution is 0.0695. The van der Waals surface area contributed by atoms with Gasteiger partial charge in [0.25, 0.3) is 0 Å². The molecule has 0 unspecified atom stereocenters. The van der Waals surface area contributed by atoms with Crippen molar-refractivity contribution in [2.45, 2.75) is 25.2 Å². The summed E-state index contributed by atoms with van der Waals surface area (Å²) >= 11 is 0. The Labute approximate surface area is 131 Å². The lowest BCUT2D eigenvalue weighted by atomic mass is 10.1. The SMILES string of the molecule is Cc1noc(CCNS(=O)(=O)c2cc(F)c(C)c(C(=O)O)c2)n1. The number of aromatic nitrogens is 2. The van der Waals surface area contributed by atoms with Crippen LogP contribution >= 0.6 is 0 Å². The molecule has 0 saturated heterocycles. The van der Waals surface area contributed by atoms with E-state index >= 15 is 0 Å².